The van der Waals surface area contributed by atoms with Crippen molar-refractivity contribution in [1.29, 1.82) is 0 Å². The van der Waals surface area contributed by atoms with Crippen LogP contribution in [0.1, 0.15) is 15.4 Å². The van der Waals surface area contributed by atoms with Crippen LogP contribution < -0.4 is 10.1 Å². The standard InChI is InChI=1S/C18H16N2O4S2/c1-23-14-5-2-4-12(8-14)18-20-13(11-26-18)10-24-16(21)9-19-17(22)15-6-3-7-25-15/h2-8,11H,9-10H2,1H3,(H,19,22). The predicted octanol–water partition coefficient (Wildman–Crippen LogP) is 3.35. The van der Waals surface area contributed by atoms with E-state index in [2.05, 4.69) is 10.3 Å². The second kappa shape index (κ2) is 8.59. The molecule has 134 valence electrons. The quantitative estimate of drug-likeness (QED) is 0.628. The van der Waals surface area contributed by atoms with Crippen LogP contribution in [-0.4, -0.2) is 30.5 Å². The normalized spacial score (nSPS) is 10.3. The van der Waals surface area contributed by atoms with Gasteiger partial charge in [0.2, 0.25) is 0 Å². The lowest BCUT2D eigenvalue weighted by atomic mass is 10.2. The van der Waals surface area contributed by atoms with Crippen molar-refractivity contribution < 1.29 is 19.1 Å². The van der Waals surface area contributed by atoms with E-state index in [0.717, 1.165) is 16.3 Å². The number of benzene rings is 1. The molecule has 0 bridgehead atoms. The summed E-state index contributed by atoms with van der Waals surface area (Å²) in [5.41, 5.74) is 1.60. The van der Waals surface area contributed by atoms with E-state index in [0.29, 0.717) is 10.6 Å². The first-order valence-corrected chi connectivity index (χ1v) is 9.48. The molecule has 0 aliphatic carbocycles. The third-order valence-corrected chi connectivity index (χ3v) is 5.20. The number of rotatable bonds is 7. The molecule has 2 heterocycles. The lowest BCUT2D eigenvalue weighted by Gasteiger charge is -2.04. The molecule has 6 nitrogen and oxygen atoms in total. The van der Waals surface area contributed by atoms with Crippen LogP contribution >= 0.6 is 22.7 Å². The van der Waals surface area contributed by atoms with Gasteiger partial charge in [0.05, 0.1) is 17.7 Å². The number of nitrogens with zero attached hydrogens (tertiary/aromatic N) is 1. The molecule has 0 saturated carbocycles. The SMILES string of the molecule is COc1cccc(-c2nc(COC(=O)CNC(=O)c3cccs3)cs2)c1. The Kier molecular flexibility index (Phi) is 5.98. The second-order valence-corrected chi connectivity index (χ2v) is 7.00. The first-order chi connectivity index (χ1) is 12.7. The molecule has 0 spiro atoms. The fourth-order valence-corrected chi connectivity index (χ4v) is 3.56. The van der Waals surface area contributed by atoms with Gasteiger partial charge in [-0.25, -0.2) is 4.98 Å². The van der Waals surface area contributed by atoms with E-state index in [4.69, 9.17) is 9.47 Å². The van der Waals surface area contributed by atoms with Gasteiger partial charge in [0, 0.05) is 10.9 Å². The summed E-state index contributed by atoms with van der Waals surface area (Å²) in [4.78, 5) is 28.6. The molecule has 0 aliphatic rings. The molecule has 3 rings (SSSR count). The highest BCUT2D eigenvalue weighted by Crippen LogP contribution is 2.27. The summed E-state index contributed by atoms with van der Waals surface area (Å²) in [6.45, 7) is -0.113. The zero-order chi connectivity index (χ0) is 18.4. The molecule has 0 unspecified atom stereocenters. The molecule has 26 heavy (non-hydrogen) atoms. The lowest BCUT2D eigenvalue weighted by molar-refractivity contribution is -0.143. The number of amides is 1. The summed E-state index contributed by atoms with van der Waals surface area (Å²) in [5, 5.41) is 6.99. The van der Waals surface area contributed by atoms with Crippen molar-refractivity contribution >= 4 is 34.6 Å². The van der Waals surface area contributed by atoms with Crippen LogP contribution in [-0.2, 0) is 16.1 Å². The number of hydrogen-bond acceptors (Lipinski definition) is 7. The molecule has 2 aromatic heterocycles. The molecule has 3 aromatic rings. The zero-order valence-electron chi connectivity index (χ0n) is 13.9. The topological polar surface area (TPSA) is 77.5 Å². The molecule has 1 N–H and O–H groups in total. The Morgan fingerprint density at radius 3 is 2.85 bits per heavy atom. The highest BCUT2D eigenvalue weighted by atomic mass is 32.1. The molecule has 0 saturated heterocycles. The average Bonchev–Trinajstić information content (AvgIpc) is 3.36. The lowest BCUT2D eigenvalue weighted by Crippen LogP contribution is -2.30. The third kappa shape index (κ3) is 4.68. The van der Waals surface area contributed by atoms with Crippen LogP contribution in [0.5, 0.6) is 5.75 Å². The summed E-state index contributed by atoms with van der Waals surface area (Å²) in [5.74, 6) is -0.0380. The monoisotopic (exact) mass is 388 g/mol. The van der Waals surface area contributed by atoms with E-state index in [1.54, 1.807) is 24.6 Å². The zero-order valence-corrected chi connectivity index (χ0v) is 15.6. The Bertz CT molecular complexity index is 890. The van der Waals surface area contributed by atoms with Gasteiger partial charge in [-0.1, -0.05) is 18.2 Å². The van der Waals surface area contributed by atoms with Crippen LogP contribution in [0.4, 0.5) is 0 Å². The van der Waals surface area contributed by atoms with E-state index in [9.17, 15) is 9.59 Å². The molecular formula is C18H16N2O4S2. The van der Waals surface area contributed by atoms with Gasteiger partial charge < -0.3 is 14.8 Å². The third-order valence-electron chi connectivity index (χ3n) is 3.39. The summed E-state index contributed by atoms with van der Waals surface area (Å²) in [6.07, 6.45) is 0. The molecule has 1 aromatic carbocycles. The van der Waals surface area contributed by atoms with Gasteiger partial charge in [0.15, 0.2) is 0 Å². The number of hydrogen-bond donors (Lipinski definition) is 1. The molecule has 0 atom stereocenters. The average molecular weight is 388 g/mol. The molecule has 1 amide bonds. The van der Waals surface area contributed by atoms with Crippen molar-refractivity contribution in [2.45, 2.75) is 6.61 Å². The highest BCUT2D eigenvalue weighted by molar-refractivity contribution is 7.13. The fraction of sp³-hybridized carbons (Fsp3) is 0.167. The maximum atomic E-state index is 11.8. The van der Waals surface area contributed by atoms with Gasteiger partial charge in [-0.05, 0) is 23.6 Å². The van der Waals surface area contributed by atoms with Crippen LogP contribution in [0, 0.1) is 0 Å². The van der Waals surface area contributed by atoms with Crippen LogP contribution in [0.25, 0.3) is 10.6 Å². The minimum Gasteiger partial charge on any atom is -0.497 e. The molecular weight excluding hydrogens is 372 g/mol. The molecule has 0 fully saturated rings. The largest absolute Gasteiger partial charge is 0.497 e. The number of nitrogens with one attached hydrogen (secondary N) is 1. The predicted molar refractivity (Wildman–Crippen MR) is 101 cm³/mol. The van der Waals surface area contributed by atoms with Crippen molar-refractivity contribution in [3.05, 3.63) is 57.7 Å². The first-order valence-electron chi connectivity index (χ1n) is 7.72. The van der Waals surface area contributed by atoms with Gasteiger partial charge in [-0.3, -0.25) is 9.59 Å². The van der Waals surface area contributed by atoms with E-state index < -0.39 is 5.97 Å². The minimum atomic E-state index is -0.508. The van der Waals surface area contributed by atoms with Crippen molar-refractivity contribution in [3.8, 4) is 16.3 Å². The highest BCUT2D eigenvalue weighted by Gasteiger charge is 2.11. The van der Waals surface area contributed by atoms with E-state index >= 15 is 0 Å². The summed E-state index contributed by atoms with van der Waals surface area (Å²) >= 11 is 2.78. The number of carbonyl (C=O) groups excluding carboxylic acids is 2. The van der Waals surface area contributed by atoms with E-state index in [-0.39, 0.29) is 19.1 Å². The van der Waals surface area contributed by atoms with Crippen LogP contribution in [0.3, 0.4) is 0 Å². The van der Waals surface area contributed by atoms with E-state index in [1.807, 2.05) is 29.6 Å². The smallest absolute Gasteiger partial charge is 0.325 e. The fourth-order valence-electron chi connectivity index (χ4n) is 2.11. The summed E-state index contributed by atoms with van der Waals surface area (Å²) in [6, 6.07) is 11.1. The number of methoxy groups -OCH3 is 1. The van der Waals surface area contributed by atoms with Gasteiger partial charge in [0.25, 0.3) is 5.91 Å². The number of esters is 1. The molecule has 0 radical (unpaired) electrons. The summed E-state index contributed by atoms with van der Waals surface area (Å²) < 4.78 is 10.4. The van der Waals surface area contributed by atoms with Crippen molar-refractivity contribution in [2.75, 3.05) is 13.7 Å². The molecule has 8 heteroatoms. The Hall–Kier alpha value is -2.71. The minimum absolute atomic E-state index is 0.0637. The number of aromatic nitrogens is 1. The Labute approximate surface area is 158 Å². The number of thiophene rings is 1. The van der Waals surface area contributed by atoms with E-state index in [1.165, 1.54) is 22.7 Å². The van der Waals surface area contributed by atoms with Crippen molar-refractivity contribution in [1.82, 2.24) is 10.3 Å². The number of ether oxygens (including phenoxy) is 2. The number of thiazole rings is 1. The Morgan fingerprint density at radius 2 is 2.08 bits per heavy atom. The maximum absolute atomic E-state index is 11.8. The van der Waals surface area contributed by atoms with Crippen LogP contribution in [0.15, 0.2) is 47.2 Å². The Balaban J connectivity index is 1.50. The second-order valence-electron chi connectivity index (χ2n) is 5.20. The van der Waals surface area contributed by atoms with Gasteiger partial charge >= 0.3 is 5.97 Å². The van der Waals surface area contributed by atoms with Crippen molar-refractivity contribution in [2.24, 2.45) is 0 Å². The maximum Gasteiger partial charge on any atom is 0.325 e. The molecule has 0 aliphatic heterocycles. The number of carbonyl (C=O) groups is 2. The van der Waals surface area contributed by atoms with Gasteiger partial charge in [0.1, 0.15) is 23.9 Å². The van der Waals surface area contributed by atoms with Gasteiger partial charge in [-0.2, -0.15) is 0 Å². The first kappa shape index (κ1) is 18.1. The van der Waals surface area contributed by atoms with Crippen LogP contribution in [0.2, 0.25) is 0 Å². The Morgan fingerprint density at radius 1 is 1.19 bits per heavy atom. The van der Waals surface area contributed by atoms with Crippen molar-refractivity contribution in [3.63, 3.8) is 0 Å². The summed E-state index contributed by atoms with van der Waals surface area (Å²) in [7, 11) is 1.61. The van der Waals surface area contributed by atoms with Gasteiger partial charge in [-0.15, -0.1) is 22.7 Å².